The molecule has 0 spiro atoms. The number of rotatable bonds is 9. The van der Waals surface area contributed by atoms with Crippen molar-refractivity contribution in [2.75, 3.05) is 26.8 Å². The van der Waals surface area contributed by atoms with Crippen LogP contribution in [0.5, 0.6) is 17.2 Å². The molecule has 1 aliphatic carbocycles. The molecule has 2 atom stereocenters. The van der Waals surface area contributed by atoms with Gasteiger partial charge in [-0.1, -0.05) is 6.92 Å². The lowest BCUT2D eigenvalue weighted by atomic mass is 9.79. The minimum atomic E-state index is -4.81. The molecular formula is C30H31F4N3O4. The first-order chi connectivity index (χ1) is 19.4. The lowest BCUT2D eigenvalue weighted by Gasteiger charge is -2.33. The number of ether oxygens (including phenoxy) is 3. The van der Waals surface area contributed by atoms with E-state index in [1.165, 1.54) is 49.6 Å². The van der Waals surface area contributed by atoms with E-state index in [1.807, 2.05) is 0 Å². The van der Waals surface area contributed by atoms with E-state index < -0.39 is 35.3 Å². The van der Waals surface area contributed by atoms with Gasteiger partial charge in [0.25, 0.3) is 5.91 Å². The Kier molecular flexibility index (Phi) is 7.35. The minimum Gasteiger partial charge on any atom is -0.493 e. The minimum absolute atomic E-state index is 0.0993. The standard InChI is InChI=1S/C30H31F4N3O4/c1-28(14-35)16-40-26-21(28)13-24(37-25(26)17-4-7-19(31)8-5-17)29(2,30(32,33)34)15-36-27(38)18-6-11-22(23(12-18)39-3)41-20-9-10-20/h4-8,11-13,20H,9-10,14-16,35H2,1-3H3,(H,36,38). The Morgan fingerprint density at radius 1 is 1.15 bits per heavy atom. The van der Waals surface area contributed by atoms with E-state index in [2.05, 4.69) is 10.3 Å². The molecule has 2 heterocycles. The smallest absolute Gasteiger partial charge is 0.401 e. The average Bonchev–Trinajstić information content (AvgIpc) is 3.71. The number of nitrogens with two attached hydrogens (primary N) is 1. The van der Waals surface area contributed by atoms with Crippen LogP contribution in [0.1, 0.15) is 48.3 Å². The molecule has 11 heteroatoms. The van der Waals surface area contributed by atoms with Gasteiger partial charge < -0.3 is 25.3 Å². The number of nitrogens with one attached hydrogen (secondary N) is 1. The molecule has 0 saturated heterocycles. The summed E-state index contributed by atoms with van der Waals surface area (Å²) in [5.41, 5.74) is 3.46. The predicted molar refractivity (Wildman–Crippen MR) is 144 cm³/mol. The van der Waals surface area contributed by atoms with Gasteiger partial charge in [-0.2, -0.15) is 13.2 Å². The number of carbonyl (C=O) groups excluding carboxylic acids is 1. The molecule has 5 rings (SSSR count). The third-order valence-electron chi connectivity index (χ3n) is 7.76. The molecule has 1 amide bonds. The highest BCUT2D eigenvalue weighted by molar-refractivity contribution is 5.95. The fraction of sp³-hybridized carbons (Fsp3) is 0.400. The normalized spacial score (nSPS) is 19.6. The van der Waals surface area contributed by atoms with Crippen LogP contribution in [0.15, 0.2) is 48.5 Å². The zero-order valence-electron chi connectivity index (χ0n) is 22.9. The van der Waals surface area contributed by atoms with Crippen molar-refractivity contribution in [2.24, 2.45) is 5.73 Å². The van der Waals surface area contributed by atoms with E-state index in [4.69, 9.17) is 19.9 Å². The van der Waals surface area contributed by atoms with Gasteiger partial charge in [-0.05, 0) is 68.3 Å². The number of fused-ring (bicyclic) bond motifs is 1. The van der Waals surface area contributed by atoms with Gasteiger partial charge in [0.1, 0.15) is 22.7 Å². The third kappa shape index (κ3) is 5.42. The Balaban J connectivity index is 1.51. The fourth-order valence-electron chi connectivity index (χ4n) is 4.66. The van der Waals surface area contributed by atoms with Crippen molar-refractivity contribution in [3.63, 3.8) is 0 Å². The van der Waals surface area contributed by atoms with Crippen LogP contribution < -0.4 is 25.3 Å². The van der Waals surface area contributed by atoms with E-state index in [-0.39, 0.29) is 36.2 Å². The maximum Gasteiger partial charge on any atom is 0.401 e. The van der Waals surface area contributed by atoms with Crippen molar-refractivity contribution >= 4 is 5.91 Å². The van der Waals surface area contributed by atoms with Crippen LogP contribution in [0.2, 0.25) is 0 Å². The monoisotopic (exact) mass is 573 g/mol. The van der Waals surface area contributed by atoms with Crippen molar-refractivity contribution < 1.29 is 36.6 Å². The van der Waals surface area contributed by atoms with Crippen LogP contribution in [0, 0.1) is 5.82 Å². The second-order valence-corrected chi connectivity index (χ2v) is 11.0. The van der Waals surface area contributed by atoms with Crippen molar-refractivity contribution in [3.05, 3.63) is 71.2 Å². The summed E-state index contributed by atoms with van der Waals surface area (Å²) in [5, 5.41) is 2.44. The number of benzene rings is 2. The number of pyridine rings is 1. The number of carbonyl (C=O) groups is 1. The van der Waals surface area contributed by atoms with Crippen molar-refractivity contribution in [2.45, 2.75) is 49.8 Å². The number of hydrogen-bond acceptors (Lipinski definition) is 6. The molecule has 218 valence electrons. The van der Waals surface area contributed by atoms with Crippen molar-refractivity contribution in [1.29, 1.82) is 0 Å². The van der Waals surface area contributed by atoms with Crippen molar-refractivity contribution in [3.8, 4) is 28.5 Å². The number of hydrogen-bond donors (Lipinski definition) is 2. The summed E-state index contributed by atoms with van der Waals surface area (Å²) < 4.78 is 75.1. The molecule has 2 aromatic carbocycles. The molecule has 1 saturated carbocycles. The molecule has 1 aliphatic heterocycles. The Morgan fingerprint density at radius 3 is 2.46 bits per heavy atom. The van der Waals surface area contributed by atoms with Gasteiger partial charge in [0.2, 0.25) is 0 Å². The number of halogens is 4. The van der Waals surface area contributed by atoms with Gasteiger partial charge >= 0.3 is 6.18 Å². The van der Waals surface area contributed by atoms with Gasteiger partial charge in [0, 0.05) is 35.2 Å². The fourth-order valence-corrected chi connectivity index (χ4v) is 4.66. The molecule has 1 fully saturated rings. The maximum absolute atomic E-state index is 14.8. The Morgan fingerprint density at radius 2 is 1.85 bits per heavy atom. The summed E-state index contributed by atoms with van der Waals surface area (Å²) in [6.45, 7) is 2.26. The van der Waals surface area contributed by atoms with Gasteiger partial charge in [-0.25, -0.2) is 9.37 Å². The SMILES string of the molecule is COc1cc(C(=O)NCC(C)(c2cc3c(c(-c4ccc(F)cc4)n2)OCC3(C)CN)C(F)(F)F)ccc1OC1CC1. The van der Waals surface area contributed by atoms with Crippen LogP contribution in [0.4, 0.5) is 17.6 Å². The van der Waals surface area contributed by atoms with Crippen LogP contribution in [0.3, 0.4) is 0 Å². The van der Waals surface area contributed by atoms with E-state index >= 15 is 0 Å². The van der Waals surface area contributed by atoms with Gasteiger partial charge in [0.15, 0.2) is 11.5 Å². The Bertz CT molecular complexity index is 1460. The molecular weight excluding hydrogens is 542 g/mol. The summed E-state index contributed by atoms with van der Waals surface area (Å²) in [6, 6.07) is 11.1. The van der Waals surface area contributed by atoms with E-state index in [9.17, 15) is 22.4 Å². The van der Waals surface area contributed by atoms with E-state index in [0.29, 0.717) is 28.4 Å². The van der Waals surface area contributed by atoms with Crippen LogP contribution in [-0.4, -0.2) is 50.0 Å². The van der Waals surface area contributed by atoms with Gasteiger partial charge in [-0.3, -0.25) is 4.79 Å². The highest BCUT2D eigenvalue weighted by Gasteiger charge is 2.54. The van der Waals surface area contributed by atoms with Crippen LogP contribution in [0.25, 0.3) is 11.3 Å². The predicted octanol–water partition coefficient (Wildman–Crippen LogP) is 5.30. The average molecular weight is 574 g/mol. The van der Waals surface area contributed by atoms with Gasteiger partial charge in [-0.15, -0.1) is 0 Å². The van der Waals surface area contributed by atoms with E-state index in [0.717, 1.165) is 19.8 Å². The van der Waals surface area contributed by atoms with Gasteiger partial charge in [0.05, 0.1) is 25.5 Å². The number of amides is 1. The summed E-state index contributed by atoms with van der Waals surface area (Å²) in [4.78, 5) is 17.5. The number of aromatic nitrogens is 1. The molecule has 0 bridgehead atoms. The highest BCUT2D eigenvalue weighted by Crippen LogP contribution is 2.48. The molecule has 7 nitrogen and oxygen atoms in total. The highest BCUT2D eigenvalue weighted by atomic mass is 19.4. The number of alkyl halides is 3. The lowest BCUT2D eigenvalue weighted by molar-refractivity contribution is -0.184. The zero-order chi connectivity index (χ0) is 29.6. The second-order valence-electron chi connectivity index (χ2n) is 11.0. The quantitative estimate of drug-likeness (QED) is 0.338. The number of nitrogens with zero attached hydrogens (tertiary/aromatic N) is 1. The largest absolute Gasteiger partial charge is 0.493 e. The summed E-state index contributed by atoms with van der Waals surface area (Å²) in [7, 11) is 1.43. The first kappa shape index (κ1) is 28.7. The topological polar surface area (TPSA) is 95.7 Å². The Hall–Kier alpha value is -3.86. The first-order valence-corrected chi connectivity index (χ1v) is 13.2. The lowest BCUT2D eigenvalue weighted by Crippen LogP contribution is -2.49. The molecule has 2 unspecified atom stereocenters. The second kappa shape index (κ2) is 10.5. The molecule has 1 aromatic heterocycles. The molecule has 3 aromatic rings. The van der Waals surface area contributed by atoms with Crippen LogP contribution >= 0.6 is 0 Å². The number of methoxy groups -OCH3 is 1. The third-order valence-corrected chi connectivity index (χ3v) is 7.76. The molecule has 41 heavy (non-hydrogen) atoms. The first-order valence-electron chi connectivity index (χ1n) is 13.2. The summed E-state index contributed by atoms with van der Waals surface area (Å²) in [5.74, 6) is -0.129. The van der Waals surface area contributed by atoms with Crippen LogP contribution in [-0.2, 0) is 10.8 Å². The van der Waals surface area contributed by atoms with Crippen molar-refractivity contribution in [1.82, 2.24) is 10.3 Å². The zero-order valence-corrected chi connectivity index (χ0v) is 22.9. The molecule has 2 aliphatic rings. The van der Waals surface area contributed by atoms with E-state index in [1.54, 1.807) is 13.0 Å². The maximum atomic E-state index is 14.8. The molecule has 0 radical (unpaired) electrons. The summed E-state index contributed by atoms with van der Waals surface area (Å²) in [6.07, 6.45) is -2.85. The molecule has 3 N–H and O–H groups in total. The Labute approximate surface area is 235 Å². The summed E-state index contributed by atoms with van der Waals surface area (Å²) >= 11 is 0.